The van der Waals surface area contributed by atoms with Gasteiger partial charge in [-0.25, -0.2) is 4.39 Å². The largest absolute Gasteiger partial charge is 0.493 e. The molecule has 0 N–H and O–H groups in total. The highest BCUT2D eigenvalue weighted by atomic mass is 19.1. The third-order valence-corrected chi connectivity index (χ3v) is 7.19. The summed E-state index contributed by atoms with van der Waals surface area (Å²) in [6.45, 7) is 6.33. The number of ether oxygens (including phenoxy) is 5. The van der Waals surface area contributed by atoms with E-state index in [0.29, 0.717) is 68.4 Å². The summed E-state index contributed by atoms with van der Waals surface area (Å²) < 4.78 is 43.4. The van der Waals surface area contributed by atoms with Crippen molar-refractivity contribution in [2.75, 3.05) is 33.4 Å². The average Bonchev–Trinajstić information content (AvgIpc) is 3.38. The first-order valence-electron chi connectivity index (χ1n) is 12.7. The molecule has 1 amide bonds. The lowest BCUT2D eigenvalue weighted by Crippen LogP contribution is -2.52. The van der Waals surface area contributed by atoms with Gasteiger partial charge >= 0.3 is 0 Å². The van der Waals surface area contributed by atoms with Crippen molar-refractivity contribution in [2.24, 2.45) is 0 Å². The molecule has 7 nitrogen and oxygen atoms in total. The molecule has 36 heavy (non-hydrogen) atoms. The van der Waals surface area contributed by atoms with Crippen molar-refractivity contribution in [3.05, 3.63) is 53.3 Å². The van der Waals surface area contributed by atoms with E-state index >= 15 is 0 Å². The Morgan fingerprint density at radius 2 is 1.94 bits per heavy atom. The number of carbonyl (C=O) groups is 1. The summed E-state index contributed by atoms with van der Waals surface area (Å²) in [6, 6.07) is 9.94. The quantitative estimate of drug-likeness (QED) is 0.562. The molecule has 5 rings (SSSR count). The van der Waals surface area contributed by atoms with Crippen LogP contribution < -0.4 is 14.2 Å². The minimum Gasteiger partial charge on any atom is -0.493 e. The molecule has 3 heterocycles. The Labute approximate surface area is 211 Å². The predicted octanol–water partition coefficient (Wildman–Crippen LogP) is 4.93. The Bertz CT molecular complexity index is 1090. The summed E-state index contributed by atoms with van der Waals surface area (Å²) in [6.07, 6.45) is 2.58. The molecule has 3 aliphatic rings. The predicted molar refractivity (Wildman–Crippen MR) is 131 cm³/mol. The first kappa shape index (κ1) is 24.8. The number of rotatable bonds is 6. The van der Waals surface area contributed by atoms with E-state index in [4.69, 9.17) is 23.7 Å². The van der Waals surface area contributed by atoms with Gasteiger partial charge < -0.3 is 28.6 Å². The fraction of sp³-hybridized carbons (Fsp3) is 0.536. The van der Waals surface area contributed by atoms with Gasteiger partial charge in [-0.1, -0.05) is 0 Å². The topological polar surface area (TPSA) is 66.5 Å². The summed E-state index contributed by atoms with van der Waals surface area (Å²) in [5.74, 6) is 1.47. The van der Waals surface area contributed by atoms with Gasteiger partial charge in [-0.2, -0.15) is 0 Å². The summed E-state index contributed by atoms with van der Waals surface area (Å²) in [4.78, 5) is 15.2. The molecular formula is C28H34FNO6. The van der Waals surface area contributed by atoms with Gasteiger partial charge in [0, 0.05) is 49.9 Å². The molecule has 2 saturated heterocycles. The highest BCUT2D eigenvalue weighted by Crippen LogP contribution is 2.46. The van der Waals surface area contributed by atoms with Crippen LogP contribution in [0, 0.1) is 5.82 Å². The third-order valence-electron chi connectivity index (χ3n) is 7.19. The van der Waals surface area contributed by atoms with Crippen LogP contribution in [0.2, 0.25) is 0 Å². The summed E-state index contributed by atoms with van der Waals surface area (Å²) in [5, 5.41) is 0. The van der Waals surface area contributed by atoms with Gasteiger partial charge in [-0.15, -0.1) is 0 Å². The molecule has 0 aromatic heterocycles. The van der Waals surface area contributed by atoms with Crippen molar-refractivity contribution < 1.29 is 32.9 Å². The lowest BCUT2D eigenvalue weighted by molar-refractivity contribution is -0.0873. The maximum Gasteiger partial charge on any atom is 0.253 e. The Hall–Kier alpha value is -2.84. The number of halogens is 1. The number of likely N-dealkylation sites (tertiary alicyclic amines) is 1. The van der Waals surface area contributed by atoms with Crippen LogP contribution in [0.25, 0.3) is 0 Å². The number of carbonyl (C=O) groups excluding carboxylic acids is 1. The molecule has 0 unspecified atom stereocenters. The zero-order chi connectivity index (χ0) is 25.3. The van der Waals surface area contributed by atoms with Gasteiger partial charge in [0.15, 0.2) is 11.5 Å². The fourth-order valence-electron chi connectivity index (χ4n) is 5.33. The van der Waals surface area contributed by atoms with E-state index in [1.807, 2.05) is 18.7 Å². The van der Waals surface area contributed by atoms with Gasteiger partial charge in [0.2, 0.25) is 0 Å². The molecule has 2 atom stereocenters. The number of fused-ring (bicyclic) bond motifs is 1. The number of amides is 1. The molecule has 2 aromatic rings. The molecule has 0 aliphatic carbocycles. The first-order chi connectivity index (χ1) is 17.4. The van der Waals surface area contributed by atoms with Gasteiger partial charge in [-0.3, -0.25) is 4.79 Å². The SMILES string of the molecule is COc1cc(C(=O)N2CCC3(CC2)C[C@@H](OC(C)C)c2cc(F)ccc2O3)ccc1O[C@@H]1CCOC1. The van der Waals surface area contributed by atoms with Crippen LogP contribution in [0.3, 0.4) is 0 Å². The minimum absolute atomic E-state index is 0.000599. The number of piperidine rings is 1. The number of benzene rings is 2. The van der Waals surface area contributed by atoms with Crippen molar-refractivity contribution in [3.63, 3.8) is 0 Å². The van der Waals surface area contributed by atoms with E-state index in [1.54, 1.807) is 31.4 Å². The first-order valence-corrected chi connectivity index (χ1v) is 12.7. The van der Waals surface area contributed by atoms with Crippen molar-refractivity contribution in [1.29, 1.82) is 0 Å². The molecule has 1 spiro atoms. The van der Waals surface area contributed by atoms with Crippen molar-refractivity contribution in [3.8, 4) is 17.2 Å². The molecule has 3 aliphatic heterocycles. The van der Waals surface area contributed by atoms with Crippen LogP contribution in [0.1, 0.15) is 61.6 Å². The summed E-state index contributed by atoms with van der Waals surface area (Å²) in [7, 11) is 1.58. The van der Waals surface area contributed by atoms with Crippen molar-refractivity contribution in [1.82, 2.24) is 4.90 Å². The van der Waals surface area contributed by atoms with E-state index in [1.165, 1.54) is 12.1 Å². The summed E-state index contributed by atoms with van der Waals surface area (Å²) in [5.41, 5.74) is 0.871. The average molecular weight is 500 g/mol. The molecule has 0 radical (unpaired) electrons. The second kappa shape index (κ2) is 10.3. The van der Waals surface area contributed by atoms with E-state index in [9.17, 15) is 9.18 Å². The van der Waals surface area contributed by atoms with Crippen molar-refractivity contribution in [2.45, 2.75) is 63.4 Å². The van der Waals surface area contributed by atoms with Gasteiger partial charge in [-0.05, 0) is 50.2 Å². The Morgan fingerprint density at radius 3 is 2.64 bits per heavy atom. The molecule has 194 valence electrons. The zero-order valence-corrected chi connectivity index (χ0v) is 21.1. The number of hydrogen-bond acceptors (Lipinski definition) is 6. The molecule has 8 heteroatoms. The van der Waals surface area contributed by atoms with Crippen molar-refractivity contribution >= 4 is 5.91 Å². The second-order valence-corrected chi connectivity index (χ2v) is 10.1. The van der Waals surface area contributed by atoms with Gasteiger partial charge in [0.05, 0.1) is 32.5 Å². The van der Waals surface area contributed by atoms with Crippen LogP contribution in [-0.2, 0) is 9.47 Å². The number of hydrogen-bond donors (Lipinski definition) is 0. The Kier molecular flexibility index (Phi) is 7.08. The van der Waals surface area contributed by atoms with E-state index in [-0.39, 0.29) is 30.0 Å². The molecule has 2 aromatic carbocycles. The smallest absolute Gasteiger partial charge is 0.253 e. The zero-order valence-electron chi connectivity index (χ0n) is 21.1. The van der Waals surface area contributed by atoms with E-state index in [2.05, 4.69) is 0 Å². The van der Waals surface area contributed by atoms with E-state index < -0.39 is 5.60 Å². The molecular weight excluding hydrogens is 465 g/mol. The van der Waals surface area contributed by atoms with E-state index in [0.717, 1.165) is 12.0 Å². The molecule has 0 bridgehead atoms. The molecule has 0 saturated carbocycles. The molecule has 2 fully saturated rings. The lowest BCUT2D eigenvalue weighted by atomic mass is 9.81. The van der Waals surface area contributed by atoms with Gasteiger partial charge in [0.1, 0.15) is 23.3 Å². The monoisotopic (exact) mass is 499 g/mol. The maximum atomic E-state index is 13.9. The lowest BCUT2D eigenvalue weighted by Gasteiger charge is -2.47. The Morgan fingerprint density at radius 1 is 1.14 bits per heavy atom. The highest BCUT2D eigenvalue weighted by Gasteiger charge is 2.45. The second-order valence-electron chi connectivity index (χ2n) is 10.1. The summed E-state index contributed by atoms with van der Waals surface area (Å²) >= 11 is 0. The fourth-order valence-corrected chi connectivity index (χ4v) is 5.33. The maximum absolute atomic E-state index is 13.9. The normalized spacial score (nSPS) is 22.9. The van der Waals surface area contributed by atoms with Crippen LogP contribution in [0.5, 0.6) is 17.2 Å². The van der Waals surface area contributed by atoms with Crippen LogP contribution in [-0.4, -0.2) is 62.0 Å². The Balaban J connectivity index is 1.27. The highest BCUT2D eigenvalue weighted by molar-refractivity contribution is 5.95. The standard InChI is InChI=1S/C28H34FNO6/c1-18(2)34-26-16-28(36-23-7-5-20(29)15-22(23)26)9-11-30(12-10-28)27(31)19-4-6-24(25(14-19)32-3)35-21-8-13-33-17-21/h4-7,14-15,18,21,26H,8-13,16-17H2,1-3H3/t21-,26-/m1/s1. The number of methoxy groups -OCH3 is 1. The minimum atomic E-state index is -0.445. The van der Waals surface area contributed by atoms with Gasteiger partial charge in [0.25, 0.3) is 5.91 Å². The van der Waals surface area contributed by atoms with Crippen LogP contribution in [0.4, 0.5) is 4.39 Å². The third kappa shape index (κ3) is 5.15. The van der Waals surface area contributed by atoms with Crippen LogP contribution >= 0.6 is 0 Å². The number of nitrogens with zero attached hydrogens (tertiary/aromatic N) is 1. The van der Waals surface area contributed by atoms with Crippen LogP contribution in [0.15, 0.2) is 36.4 Å².